The molecule has 0 spiro atoms. The third-order valence-corrected chi connectivity index (χ3v) is 4.35. The molecule has 0 aromatic carbocycles. The van der Waals surface area contributed by atoms with E-state index in [1.165, 1.54) is 0 Å². The Morgan fingerprint density at radius 3 is 1.13 bits per heavy atom. The van der Waals surface area contributed by atoms with Crippen LogP contribution >= 0.6 is 0 Å². The van der Waals surface area contributed by atoms with E-state index >= 15 is 0 Å². The number of carbonyl (C=O) groups excluding carboxylic acids is 1. The Bertz CT molecular complexity index is 865. The molecular formula is C15H7F21O2. The first-order valence-electron chi connectivity index (χ1n) is 8.45. The summed E-state index contributed by atoms with van der Waals surface area (Å²) in [4.78, 5) is 10.5. The van der Waals surface area contributed by atoms with Crippen molar-refractivity contribution in [3.63, 3.8) is 0 Å². The van der Waals surface area contributed by atoms with Gasteiger partial charge in [-0.2, -0.15) is 74.6 Å². The summed E-state index contributed by atoms with van der Waals surface area (Å²) in [6, 6.07) is 0. The van der Waals surface area contributed by atoms with Crippen LogP contribution in [0.15, 0.2) is 12.7 Å². The van der Waals surface area contributed by atoms with Gasteiger partial charge in [0.15, 0.2) is 6.17 Å². The lowest BCUT2D eigenvalue weighted by Crippen LogP contribution is -2.76. The highest BCUT2D eigenvalue weighted by Gasteiger charge is 2.96. The molecule has 0 saturated carbocycles. The summed E-state index contributed by atoms with van der Waals surface area (Å²) in [5.41, 5.74) is 0. The SMILES string of the molecule is C=CC(=O)OC(F)C(F)(F)C(F)(F)C(F)(F)C(F)(F)C(F)(F)C(F)(F)C(F)(F)C(F)(F)C(F)C(F)C(F)F. The van der Waals surface area contributed by atoms with Gasteiger partial charge in [0, 0.05) is 6.08 Å². The minimum Gasteiger partial charge on any atom is -0.421 e. The van der Waals surface area contributed by atoms with E-state index in [9.17, 15) is 97.0 Å². The van der Waals surface area contributed by atoms with Crippen LogP contribution in [0.25, 0.3) is 0 Å². The van der Waals surface area contributed by atoms with Gasteiger partial charge in [-0.3, -0.25) is 0 Å². The molecule has 0 aromatic heterocycles. The smallest absolute Gasteiger partial charge is 0.385 e. The number of rotatable bonds is 13. The van der Waals surface area contributed by atoms with Crippen molar-refractivity contribution < 1.29 is 102 Å². The van der Waals surface area contributed by atoms with Crippen molar-refractivity contribution in [3.05, 3.63) is 12.7 Å². The Morgan fingerprint density at radius 2 is 0.842 bits per heavy atom. The topological polar surface area (TPSA) is 26.3 Å². The molecular weight excluding hydrogens is 611 g/mol. The first kappa shape index (κ1) is 35.7. The van der Waals surface area contributed by atoms with Crippen molar-refractivity contribution >= 4 is 5.97 Å². The van der Waals surface area contributed by atoms with Crippen LogP contribution in [0.3, 0.4) is 0 Å². The van der Waals surface area contributed by atoms with Crippen LogP contribution in [0.2, 0.25) is 0 Å². The zero-order valence-corrected chi connectivity index (χ0v) is 16.8. The van der Waals surface area contributed by atoms with Gasteiger partial charge in [-0.05, 0) is 0 Å². The summed E-state index contributed by atoms with van der Waals surface area (Å²) in [6.07, 6.45) is -22.2. The third kappa shape index (κ3) is 4.81. The van der Waals surface area contributed by atoms with E-state index < -0.39 is 78.5 Å². The summed E-state index contributed by atoms with van der Waals surface area (Å²) in [5.74, 6) is -71.2. The second-order valence-electron chi connectivity index (χ2n) is 6.83. The zero-order valence-electron chi connectivity index (χ0n) is 16.8. The molecule has 0 amide bonds. The Labute approximate surface area is 194 Å². The molecule has 0 aliphatic rings. The molecule has 38 heavy (non-hydrogen) atoms. The molecule has 0 aliphatic heterocycles. The fourth-order valence-corrected chi connectivity index (χ4v) is 2.07. The molecule has 23 heteroatoms. The Hall–Kier alpha value is -2.26. The van der Waals surface area contributed by atoms with Crippen LogP contribution in [0.1, 0.15) is 0 Å². The van der Waals surface area contributed by atoms with E-state index in [2.05, 4.69) is 11.3 Å². The molecule has 0 radical (unpaired) electrons. The monoisotopic (exact) mass is 618 g/mol. The summed E-state index contributed by atoms with van der Waals surface area (Å²) in [7, 11) is 0. The Kier molecular flexibility index (Phi) is 9.45. The average Bonchev–Trinajstić information content (AvgIpc) is 2.76. The molecule has 0 N–H and O–H groups in total. The molecule has 0 bridgehead atoms. The van der Waals surface area contributed by atoms with Crippen LogP contribution in [0, 0.1) is 0 Å². The number of ether oxygens (including phenoxy) is 1. The second kappa shape index (κ2) is 10.0. The van der Waals surface area contributed by atoms with Crippen LogP contribution in [0.4, 0.5) is 92.2 Å². The van der Waals surface area contributed by atoms with Gasteiger partial charge in [-0.1, -0.05) is 6.58 Å². The van der Waals surface area contributed by atoms with E-state index in [-0.39, 0.29) is 6.08 Å². The highest BCUT2D eigenvalue weighted by Crippen LogP contribution is 2.64. The predicted molar refractivity (Wildman–Crippen MR) is 76.6 cm³/mol. The minimum absolute atomic E-state index is 0.362. The van der Waals surface area contributed by atoms with Gasteiger partial charge in [0.2, 0.25) is 6.17 Å². The van der Waals surface area contributed by atoms with E-state index in [0.717, 1.165) is 0 Å². The quantitative estimate of drug-likeness (QED) is 0.126. The summed E-state index contributed by atoms with van der Waals surface area (Å²) >= 11 is 0. The summed E-state index contributed by atoms with van der Waals surface area (Å²) in [5, 5.41) is 0. The van der Waals surface area contributed by atoms with Crippen molar-refractivity contribution in [3.8, 4) is 0 Å². The number of alkyl halides is 21. The lowest BCUT2D eigenvalue weighted by Gasteiger charge is -2.44. The molecule has 226 valence electrons. The van der Waals surface area contributed by atoms with Crippen LogP contribution in [-0.2, 0) is 9.53 Å². The number of hydrogen-bond acceptors (Lipinski definition) is 2. The molecule has 0 rings (SSSR count). The molecule has 0 aromatic rings. The summed E-state index contributed by atoms with van der Waals surface area (Å²) < 4.78 is 281. The van der Waals surface area contributed by atoms with Gasteiger partial charge in [0.25, 0.3) is 6.43 Å². The second-order valence-corrected chi connectivity index (χ2v) is 6.83. The van der Waals surface area contributed by atoms with Crippen molar-refractivity contribution in [2.45, 2.75) is 72.5 Å². The zero-order chi connectivity index (χ0) is 31.3. The number of carbonyl (C=O) groups is 1. The number of esters is 1. The average molecular weight is 618 g/mol. The molecule has 0 fully saturated rings. The van der Waals surface area contributed by atoms with Crippen LogP contribution in [-0.4, -0.2) is 78.5 Å². The first-order chi connectivity index (χ1) is 16.4. The van der Waals surface area contributed by atoms with Gasteiger partial charge < -0.3 is 4.74 Å². The normalized spacial score (nSPS) is 17.7. The number of halogens is 21. The van der Waals surface area contributed by atoms with Crippen molar-refractivity contribution in [2.75, 3.05) is 0 Å². The Balaban J connectivity index is 6.91. The Morgan fingerprint density at radius 1 is 0.553 bits per heavy atom. The van der Waals surface area contributed by atoms with Gasteiger partial charge in [-0.15, -0.1) is 0 Å². The lowest BCUT2D eigenvalue weighted by atomic mass is 9.86. The summed E-state index contributed by atoms with van der Waals surface area (Å²) in [6.45, 7) is 2.33. The molecule has 0 saturated heterocycles. The van der Waals surface area contributed by atoms with E-state index in [1.54, 1.807) is 0 Å². The molecule has 0 aliphatic carbocycles. The van der Waals surface area contributed by atoms with Gasteiger partial charge in [-0.25, -0.2) is 22.4 Å². The van der Waals surface area contributed by atoms with Gasteiger partial charge in [0.1, 0.15) is 0 Å². The third-order valence-electron chi connectivity index (χ3n) is 4.35. The highest BCUT2D eigenvalue weighted by molar-refractivity contribution is 5.81. The maximum absolute atomic E-state index is 13.6. The highest BCUT2D eigenvalue weighted by atomic mass is 19.4. The maximum Gasteiger partial charge on any atom is 0.385 e. The molecule has 2 nitrogen and oxygen atoms in total. The standard InChI is InChI=1S/C15H7F21O2/c1-2-3(37)38-7(20)9(23,24)11(27,28)13(31,32)15(35,36)14(33,34)12(29,30)10(25,26)8(21,22)5(17)4(16)6(18)19/h2,4-7H,1H2. The molecule has 3 unspecified atom stereocenters. The van der Waals surface area contributed by atoms with Crippen LogP contribution in [0.5, 0.6) is 0 Å². The molecule has 0 heterocycles. The van der Waals surface area contributed by atoms with E-state index in [4.69, 9.17) is 0 Å². The van der Waals surface area contributed by atoms with Crippen molar-refractivity contribution in [2.24, 2.45) is 0 Å². The van der Waals surface area contributed by atoms with Gasteiger partial charge >= 0.3 is 59.7 Å². The lowest BCUT2D eigenvalue weighted by molar-refractivity contribution is -0.461. The molecule has 3 atom stereocenters. The van der Waals surface area contributed by atoms with E-state index in [0.29, 0.717) is 0 Å². The minimum atomic E-state index is -9.10. The van der Waals surface area contributed by atoms with Crippen molar-refractivity contribution in [1.82, 2.24) is 0 Å². The fraction of sp³-hybridized carbons (Fsp3) is 0.800. The van der Waals surface area contributed by atoms with Crippen molar-refractivity contribution in [1.29, 1.82) is 0 Å². The van der Waals surface area contributed by atoms with Crippen LogP contribution < -0.4 is 0 Å². The number of hydrogen-bond donors (Lipinski definition) is 0. The predicted octanol–water partition coefficient (Wildman–Crippen LogP) is 7.03. The fourth-order valence-electron chi connectivity index (χ4n) is 2.07. The largest absolute Gasteiger partial charge is 0.421 e. The van der Waals surface area contributed by atoms with Gasteiger partial charge in [0.05, 0.1) is 0 Å². The van der Waals surface area contributed by atoms with E-state index in [1.807, 2.05) is 0 Å². The maximum atomic E-state index is 13.6. The first-order valence-corrected chi connectivity index (χ1v) is 8.45.